The van der Waals surface area contributed by atoms with E-state index in [4.69, 9.17) is 0 Å². The molecule has 136 valence electrons. The minimum absolute atomic E-state index is 0.0536. The molecule has 1 aromatic carbocycles. The summed E-state index contributed by atoms with van der Waals surface area (Å²) in [6, 6.07) is 5.84. The molecular formula is C17H21FN2O4S. The van der Waals surface area contributed by atoms with Crippen LogP contribution in [0.4, 0.5) is 4.39 Å². The van der Waals surface area contributed by atoms with Gasteiger partial charge in [-0.3, -0.25) is 9.59 Å². The van der Waals surface area contributed by atoms with E-state index in [2.05, 4.69) is 0 Å². The van der Waals surface area contributed by atoms with E-state index in [0.29, 0.717) is 32.6 Å². The van der Waals surface area contributed by atoms with Crippen molar-refractivity contribution in [1.82, 2.24) is 9.80 Å². The average molecular weight is 368 g/mol. The molecule has 0 aromatic heterocycles. The van der Waals surface area contributed by atoms with Crippen LogP contribution < -0.4 is 0 Å². The van der Waals surface area contributed by atoms with Crippen LogP contribution in [-0.2, 0) is 25.8 Å². The highest BCUT2D eigenvalue weighted by atomic mass is 32.2. The standard InChI is InChI=1S/C17H21FN2O4S/c18-15-3-1-13(2-4-15)11-16(21)19-6-8-20(9-7-19)17(22)14-5-10-25(23,24)12-14/h1-4,14H,5-12H2/t14-/m0/s1. The Kier molecular flexibility index (Phi) is 5.08. The molecular weight excluding hydrogens is 347 g/mol. The Labute approximate surface area is 146 Å². The molecule has 8 heteroatoms. The lowest BCUT2D eigenvalue weighted by atomic mass is 10.1. The number of carbonyl (C=O) groups excluding carboxylic acids is 2. The van der Waals surface area contributed by atoms with Crippen LogP contribution >= 0.6 is 0 Å². The number of rotatable bonds is 3. The fraction of sp³-hybridized carbons (Fsp3) is 0.529. The minimum atomic E-state index is -3.08. The molecule has 0 spiro atoms. The number of piperazine rings is 1. The maximum Gasteiger partial charge on any atom is 0.227 e. The molecule has 0 radical (unpaired) electrons. The van der Waals surface area contributed by atoms with Crippen LogP contribution in [0.15, 0.2) is 24.3 Å². The number of nitrogens with zero attached hydrogens (tertiary/aromatic N) is 2. The van der Waals surface area contributed by atoms with Crippen molar-refractivity contribution in [2.75, 3.05) is 37.7 Å². The van der Waals surface area contributed by atoms with E-state index in [-0.39, 0.29) is 35.6 Å². The number of sulfone groups is 1. The average Bonchev–Trinajstić information content (AvgIpc) is 2.96. The summed E-state index contributed by atoms with van der Waals surface area (Å²) >= 11 is 0. The Morgan fingerprint density at radius 2 is 1.64 bits per heavy atom. The third-order valence-corrected chi connectivity index (χ3v) is 6.56. The second-order valence-corrected chi connectivity index (χ2v) is 8.84. The van der Waals surface area contributed by atoms with E-state index in [1.54, 1.807) is 21.9 Å². The number of hydrogen-bond donors (Lipinski definition) is 0. The molecule has 2 amide bonds. The SMILES string of the molecule is O=C(Cc1ccc(F)cc1)N1CCN(C(=O)[C@H]2CCS(=O)(=O)C2)CC1. The number of hydrogen-bond acceptors (Lipinski definition) is 4. The second-order valence-electron chi connectivity index (χ2n) is 6.61. The molecule has 0 N–H and O–H groups in total. The normalized spacial score (nSPS) is 22.8. The summed E-state index contributed by atoms with van der Waals surface area (Å²) in [6.07, 6.45) is 0.597. The highest BCUT2D eigenvalue weighted by molar-refractivity contribution is 7.91. The monoisotopic (exact) mass is 368 g/mol. The molecule has 1 atom stereocenters. The van der Waals surface area contributed by atoms with Gasteiger partial charge in [0, 0.05) is 26.2 Å². The fourth-order valence-electron chi connectivity index (χ4n) is 3.31. The lowest BCUT2D eigenvalue weighted by molar-refractivity contribution is -0.141. The van der Waals surface area contributed by atoms with Gasteiger partial charge in [-0.05, 0) is 24.1 Å². The van der Waals surface area contributed by atoms with Crippen molar-refractivity contribution in [3.8, 4) is 0 Å². The summed E-state index contributed by atoms with van der Waals surface area (Å²) in [4.78, 5) is 28.1. The first-order valence-electron chi connectivity index (χ1n) is 8.35. The Morgan fingerprint density at radius 1 is 1.04 bits per heavy atom. The second kappa shape index (κ2) is 7.11. The zero-order chi connectivity index (χ0) is 18.0. The van der Waals surface area contributed by atoms with Crippen LogP contribution in [-0.4, -0.2) is 67.7 Å². The predicted molar refractivity (Wildman–Crippen MR) is 90.0 cm³/mol. The third-order valence-electron chi connectivity index (χ3n) is 4.79. The Bertz CT molecular complexity index is 755. The minimum Gasteiger partial charge on any atom is -0.339 e. The smallest absolute Gasteiger partial charge is 0.227 e. The quantitative estimate of drug-likeness (QED) is 0.778. The first-order chi connectivity index (χ1) is 11.8. The zero-order valence-electron chi connectivity index (χ0n) is 13.9. The van der Waals surface area contributed by atoms with Gasteiger partial charge in [-0.1, -0.05) is 12.1 Å². The lowest BCUT2D eigenvalue weighted by Gasteiger charge is -2.36. The van der Waals surface area contributed by atoms with Gasteiger partial charge < -0.3 is 9.80 Å². The molecule has 0 bridgehead atoms. The summed E-state index contributed by atoms with van der Waals surface area (Å²) in [5, 5.41) is 0. The molecule has 25 heavy (non-hydrogen) atoms. The van der Waals surface area contributed by atoms with Crippen molar-refractivity contribution in [2.45, 2.75) is 12.8 Å². The molecule has 6 nitrogen and oxygen atoms in total. The lowest BCUT2D eigenvalue weighted by Crippen LogP contribution is -2.52. The molecule has 0 unspecified atom stereocenters. The molecule has 2 aliphatic rings. The van der Waals surface area contributed by atoms with Crippen LogP contribution in [0.1, 0.15) is 12.0 Å². The van der Waals surface area contributed by atoms with Gasteiger partial charge in [-0.2, -0.15) is 0 Å². The zero-order valence-corrected chi connectivity index (χ0v) is 14.7. The topological polar surface area (TPSA) is 74.8 Å². The van der Waals surface area contributed by atoms with Crippen molar-refractivity contribution in [1.29, 1.82) is 0 Å². The van der Waals surface area contributed by atoms with E-state index in [0.717, 1.165) is 5.56 Å². The Hall–Kier alpha value is -1.96. The summed E-state index contributed by atoms with van der Waals surface area (Å²) in [6.45, 7) is 1.71. The number of benzene rings is 1. The van der Waals surface area contributed by atoms with Crippen LogP contribution in [0.5, 0.6) is 0 Å². The maximum absolute atomic E-state index is 12.9. The highest BCUT2D eigenvalue weighted by Gasteiger charge is 2.36. The van der Waals surface area contributed by atoms with Gasteiger partial charge in [0.05, 0.1) is 23.8 Å². The molecule has 0 saturated carbocycles. The molecule has 2 heterocycles. The van der Waals surface area contributed by atoms with Gasteiger partial charge in [-0.15, -0.1) is 0 Å². The summed E-state index contributed by atoms with van der Waals surface area (Å²) in [5.74, 6) is -0.924. The summed E-state index contributed by atoms with van der Waals surface area (Å²) < 4.78 is 35.9. The van der Waals surface area contributed by atoms with Crippen molar-refractivity contribution in [2.24, 2.45) is 5.92 Å². The Morgan fingerprint density at radius 3 is 2.20 bits per heavy atom. The largest absolute Gasteiger partial charge is 0.339 e. The molecule has 0 aliphatic carbocycles. The van der Waals surface area contributed by atoms with Gasteiger partial charge in [0.15, 0.2) is 9.84 Å². The predicted octanol–water partition coefficient (Wildman–Crippen LogP) is 0.474. The van der Waals surface area contributed by atoms with Crippen molar-refractivity contribution >= 4 is 21.7 Å². The molecule has 2 aliphatic heterocycles. The van der Waals surface area contributed by atoms with Gasteiger partial charge in [-0.25, -0.2) is 12.8 Å². The van der Waals surface area contributed by atoms with Crippen LogP contribution in [0.3, 0.4) is 0 Å². The van der Waals surface area contributed by atoms with Gasteiger partial charge in [0.1, 0.15) is 5.82 Å². The number of amides is 2. The molecule has 1 aromatic rings. The van der Waals surface area contributed by atoms with Gasteiger partial charge in [0.25, 0.3) is 0 Å². The van der Waals surface area contributed by atoms with Crippen molar-refractivity contribution in [3.63, 3.8) is 0 Å². The number of halogens is 1. The van der Waals surface area contributed by atoms with Crippen molar-refractivity contribution < 1.29 is 22.4 Å². The van der Waals surface area contributed by atoms with Crippen molar-refractivity contribution in [3.05, 3.63) is 35.6 Å². The summed E-state index contributed by atoms with van der Waals surface area (Å²) in [7, 11) is -3.08. The van der Waals surface area contributed by atoms with E-state index >= 15 is 0 Å². The van der Waals surface area contributed by atoms with E-state index in [1.165, 1.54) is 12.1 Å². The van der Waals surface area contributed by atoms with E-state index in [9.17, 15) is 22.4 Å². The molecule has 2 fully saturated rings. The highest BCUT2D eigenvalue weighted by Crippen LogP contribution is 2.21. The van der Waals surface area contributed by atoms with Crippen LogP contribution in [0.2, 0.25) is 0 Å². The van der Waals surface area contributed by atoms with E-state index < -0.39 is 15.8 Å². The first kappa shape index (κ1) is 17.8. The van der Waals surface area contributed by atoms with E-state index in [1.807, 2.05) is 0 Å². The van der Waals surface area contributed by atoms with Gasteiger partial charge >= 0.3 is 0 Å². The molecule has 3 rings (SSSR count). The third kappa shape index (κ3) is 4.36. The summed E-state index contributed by atoms with van der Waals surface area (Å²) in [5.41, 5.74) is 0.751. The maximum atomic E-state index is 12.9. The van der Waals surface area contributed by atoms with Gasteiger partial charge in [0.2, 0.25) is 11.8 Å². The molecule has 2 saturated heterocycles. The number of carbonyl (C=O) groups is 2. The van der Waals surface area contributed by atoms with Crippen LogP contribution in [0, 0.1) is 11.7 Å². The fourth-order valence-corrected chi connectivity index (χ4v) is 5.05. The Balaban J connectivity index is 1.50. The first-order valence-corrected chi connectivity index (χ1v) is 10.2. The van der Waals surface area contributed by atoms with Crippen LogP contribution in [0.25, 0.3) is 0 Å².